The standard InChI is InChI=1S/C28H28N6O6S/c1-17-6-7-18(2)23(13-17)33-28(19(3)26(31-33)27(35)30-16-20-5-4-12-29-15-20)40-24-11-10-22(34(36)37)14-25(24)41(38,39)32-21-8-9-21/h4-7,10-15,21,32H,8-9,16H2,1-3H3,(H,30,35). The van der Waals surface area contributed by atoms with Crippen LogP contribution in [0.15, 0.2) is 65.8 Å². The van der Waals surface area contributed by atoms with Crippen LogP contribution in [0.1, 0.15) is 45.6 Å². The number of pyridine rings is 1. The van der Waals surface area contributed by atoms with E-state index in [9.17, 15) is 23.3 Å². The van der Waals surface area contributed by atoms with Gasteiger partial charge in [0.05, 0.1) is 10.6 Å². The summed E-state index contributed by atoms with van der Waals surface area (Å²) in [5.41, 5.74) is 3.21. The largest absolute Gasteiger partial charge is 0.437 e. The molecule has 0 unspecified atom stereocenters. The molecule has 1 aliphatic rings. The Morgan fingerprint density at radius 3 is 2.61 bits per heavy atom. The van der Waals surface area contributed by atoms with E-state index in [2.05, 4.69) is 20.1 Å². The first-order valence-corrected chi connectivity index (χ1v) is 14.3. The number of carbonyl (C=O) groups excluding carboxylic acids is 1. The van der Waals surface area contributed by atoms with Crippen molar-refractivity contribution < 1.29 is 22.9 Å². The molecule has 1 amide bonds. The Labute approximate surface area is 236 Å². The molecule has 0 radical (unpaired) electrons. The van der Waals surface area contributed by atoms with Crippen molar-refractivity contribution in [3.8, 4) is 17.3 Å². The molecule has 13 heteroatoms. The zero-order valence-corrected chi connectivity index (χ0v) is 23.4. The van der Waals surface area contributed by atoms with Crippen molar-refractivity contribution in [2.75, 3.05) is 0 Å². The molecule has 2 aromatic heterocycles. The lowest BCUT2D eigenvalue weighted by Crippen LogP contribution is -2.26. The van der Waals surface area contributed by atoms with Crippen molar-refractivity contribution >= 4 is 21.6 Å². The van der Waals surface area contributed by atoms with Gasteiger partial charge < -0.3 is 10.1 Å². The number of aromatic nitrogens is 3. The van der Waals surface area contributed by atoms with E-state index in [-0.39, 0.29) is 34.8 Å². The van der Waals surface area contributed by atoms with Crippen LogP contribution in [0, 0.1) is 30.9 Å². The number of aryl methyl sites for hydroxylation is 2. The van der Waals surface area contributed by atoms with E-state index in [1.54, 1.807) is 25.4 Å². The fraction of sp³-hybridized carbons (Fsp3) is 0.250. The maximum absolute atomic E-state index is 13.3. The van der Waals surface area contributed by atoms with E-state index in [0.29, 0.717) is 24.1 Å². The SMILES string of the molecule is Cc1ccc(C)c(-n2nc(C(=O)NCc3cccnc3)c(C)c2Oc2ccc([N+](=O)[O-])cc2S(=O)(=O)NC2CC2)c1. The minimum atomic E-state index is -4.15. The summed E-state index contributed by atoms with van der Waals surface area (Å²) in [7, 11) is -4.15. The van der Waals surface area contributed by atoms with Crippen LogP contribution in [-0.4, -0.2) is 40.1 Å². The predicted octanol–water partition coefficient (Wildman–Crippen LogP) is 4.26. The van der Waals surface area contributed by atoms with Gasteiger partial charge in [0.25, 0.3) is 11.6 Å². The summed E-state index contributed by atoms with van der Waals surface area (Å²) in [4.78, 5) is 27.8. The number of benzene rings is 2. The quantitative estimate of drug-likeness (QED) is 0.209. The molecule has 5 rings (SSSR count). The number of hydrogen-bond donors (Lipinski definition) is 2. The molecule has 1 aliphatic carbocycles. The predicted molar refractivity (Wildman–Crippen MR) is 150 cm³/mol. The van der Waals surface area contributed by atoms with Crippen molar-refractivity contribution in [2.24, 2.45) is 0 Å². The second-order valence-corrected chi connectivity index (χ2v) is 11.6. The first-order valence-electron chi connectivity index (χ1n) is 12.9. The van der Waals surface area contributed by atoms with Crippen LogP contribution >= 0.6 is 0 Å². The summed E-state index contributed by atoms with van der Waals surface area (Å²) in [6, 6.07) is 12.4. The Morgan fingerprint density at radius 2 is 1.93 bits per heavy atom. The lowest BCUT2D eigenvalue weighted by atomic mass is 10.1. The third-order valence-corrected chi connectivity index (χ3v) is 8.13. The van der Waals surface area contributed by atoms with Gasteiger partial charge in [0, 0.05) is 42.7 Å². The van der Waals surface area contributed by atoms with Gasteiger partial charge in [-0.05, 0) is 68.5 Å². The number of carbonyl (C=O) groups is 1. The number of non-ortho nitro benzene ring substituents is 1. The van der Waals surface area contributed by atoms with Crippen molar-refractivity contribution in [3.63, 3.8) is 0 Å². The molecule has 1 fully saturated rings. The van der Waals surface area contributed by atoms with Gasteiger partial charge in [0.15, 0.2) is 5.69 Å². The third kappa shape index (κ3) is 6.10. The molecule has 12 nitrogen and oxygen atoms in total. The zero-order chi connectivity index (χ0) is 29.3. The molecule has 0 saturated heterocycles. The molecular weight excluding hydrogens is 548 g/mol. The highest BCUT2D eigenvalue weighted by Gasteiger charge is 2.32. The van der Waals surface area contributed by atoms with E-state index in [0.717, 1.165) is 22.8 Å². The minimum absolute atomic E-state index is 0.0761. The minimum Gasteiger partial charge on any atom is -0.437 e. The molecular formula is C28H28N6O6S. The van der Waals surface area contributed by atoms with Crippen molar-refractivity contribution in [2.45, 2.75) is 51.1 Å². The van der Waals surface area contributed by atoms with Crippen LogP contribution < -0.4 is 14.8 Å². The number of amides is 1. The maximum Gasteiger partial charge on any atom is 0.272 e. The maximum atomic E-state index is 13.3. The van der Waals surface area contributed by atoms with E-state index in [1.807, 2.05) is 38.1 Å². The summed E-state index contributed by atoms with van der Waals surface area (Å²) < 4.78 is 36.7. The number of rotatable bonds is 10. The highest BCUT2D eigenvalue weighted by atomic mass is 32.2. The highest BCUT2D eigenvalue weighted by molar-refractivity contribution is 7.89. The normalized spacial score (nSPS) is 13.1. The van der Waals surface area contributed by atoms with Crippen molar-refractivity contribution in [3.05, 3.63) is 99.0 Å². The molecule has 0 atom stereocenters. The Morgan fingerprint density at radius 1 is 1.15 bits per heavy atom. The number of nitrogens with one attached hydrogen (secondary N) is 2. The molecule has 2 aromatic carbocycles. The first kappa shape index (κ1) is 27.9. The molecule has 2 heterocycles. The van der Waals surface area contributed by atoms with Gasteiger partial charge in [-0.15, -0.1) is 0 Å². The Hall–Kier alpha value is -4.62. The number of nitro groups is 1. The average molecular weight is 577 g/mol. The lowest BCUT2D eigenvalue weighted by molar-refractivity contribution is -0.385. The molecule has 2 N–H and O–H groups in total. The van der Waals surface area contributed by atoms with Gasteiger partial charge in [-0.2, -0.15) is 9.78 Å². The summed E-state index contributed by atoms with van der Waals surface area (Å²) in [5, 5.41) is 18.9. The van der Waals surface area contributed by atoms with Crippen LogP contribution in [0.4, 0.5) is 5.69 Å². The Kier molecular flexibility index (Phi) is 7.56. The van der Waals surface area contributed by atoms with Crippen molar-refractivity contribution in [1.29, 1.82) is 0 Å². The van der Waals surface area contributed by atoms with Gasteiger partial charge in [0.1, 0.15) is 10.6 Å². The molecule has 0 aliphatic heterocycles. The summed E-state index contributed by atoms with van der Waals surface area (Å²) in [6.07, 6.45) is 4.64. The lowest BCUT2D eigenvalue weighted by Gasteiger charge is -2.15. The average Bonchev–Trinajstić information content (AvgIpc) is 3.70. The first-order chi connectivity index (χ1) is 19.5. The van der Waals surface area contributed by atoms with Crippen LogP contribution in [0.5, 0.6) is 11.6 Å². The molecule has 0 spiro atoms. The van der Waals surface area contributed by atoms with Gasteiger partial charge >= 0.3 is 0 Å². The Balaban J connectivity index is 1.60. The van der Waals surface area contributed by atoms with E-state index < -0.39 is 26.5 Å². The molecule has 41 heavy (non-hydrogen) atoms. The topological polar surface area (TPSA) is 158 Å². The van der Waals surface area contributed by atoms with E-state index >= 15 is 0 Å². The number of nitrogens with zero attached hydrogens (tertiary/aromatic N) is 4. The fourth-order valence-corrected chi connectivity index (χ4v) is 5.64. The number of hydrogen-bond acceptors (Lipinski definition) is 8. The van der Waals surface area contributed by atoms with E-state index in [4.69, 9.17) is 4.74 Å². The highest BCUT2D eigenvalue weighted by Crippen LogP contribution is 2.37. The number of nitro benzene ring substituents is 1. The number of sulfonamides is 1. The van der Waals surface area contributed by atoms with Crippen LogP contribution in [0.25, 0.3) is 5.69 Å². The Bertz CT molecular complexity index is 1750. The van der Waals surface area contributed by atoms with Crippen molar-refractivity contribution in [1.82, 2.24) is 24.8 Å². The molecule has 4 aromatic rings. The molecule has 212 valence electrons. The molecule has 0 bridgehead atoms. The summed E-state index contributed by atoms with van der Waals surface area (Å²) >= 11 is 0. The summed E-state index contributed by atoms with van der Waals surface area (Å²) in [6.45, 7) is 5.64. The van der Waals surface area contributed by atoms with Gasteiger partial charge in [-0.1, -0.05) is 18.2 Å². The van der Waals surface area contributed by atoms with Crippen LogP contribution in [0.3, 0.4) is 0 Å². The third-order valence-electron chi connectivity index (χ3n) is 6.59. The monoisotopic (exact) mass is 576 g/mol. The van der Waals surface area contributed by atoms with Gasteiger partial charge in [0.2, 0.25) is 15.9 Å². The van der Waals surface area contributed by atoms with Gasteiger partial charge in [-0.25, -0.2) is 13.1 Å². The second-order valence-electron chi connectivity index (χ2n) is 9.91. The van der Waals surface area contributed by atoms with Crippen LogP contribution in [-0.2, 0) is 16.6 Å². The fourth-order valence-electron chi connectivity index (χ4n) is 4.19. The summed E-state index contributed by atoms with van der Waals surface area (Å²) in [5.74, 6) is -0.505. The van der Waals surface area contributed by atoms with E-state index in [1.165, 1.54) is 16.8 Å². The van der Waals surface area contributed by atoms with Gasteiger partial charge in [-0.3, -0.25) is 19.9 Å². The number of ether oxygens (including phenoxy) is 1. The smallest absolute Gasteiger partial charge is 0.272 e. The van der Waals surface area contributed by atoms with Crippen LogP contribution in [0.2, 0.25) is 0 Å². The zero-order valence-electron chi connectivity index (χ0n) is 22.6. The second kappa shape index (κ2) is 11.1. The molecule has 1 saturated carbocycles.